The summed E-state index contributed by atoms with van der Waals surface area (Å²) in [4.78, 5) is 50.4. The highest BCUT2D eigenvalue weighted by atomic mass is 16.2. The molecule has 0 heterocycles. The average Bonchev–Trinajstić information content (AvgIpc) is 2.82. The zero-order chi connectivity index (χ0) is 27.2. The Balaban J connectivity index is 4.13. The zero-order valence-corrected chi connectivity index (χ0v) is 23.8. The van der Waals surface area contributed by atoms with Crippen molar-refractivity contribution in [3.05, 3.63) is 0 Å². The number of carbonyl (C=O) groups is 4. The Labute approximate surface area is 219 Å². The standard InChI is InChI=1S/C27H53N5O4/c1-6-8-10-14-18-31(19-15-11-9-7-2)27(36)23-30-26(35)22-29-25(34)21-28-24(33)17-13-12-16-20-32(3,4)5/h6-23H2,1-5H3,(H2-,28,29,30,33,34,35)/p+1. The maximum absolute atomic E-state index is 12.6. The molecule has 0 aliphatic carbocycles. The van der Waals surface area contributed by atoms with Crippen LogP contribution in [0.1, 0.15) is 90.9 Å². The normalized spacial score (nSPS) is 11.1. The fraction of sp³-hybridized carbons (Fsp3) is 0.852. The molecule has 0 rings (SSSR count). The lowest BCUT2D eigenvalue weighted by molar-refractivity contribution is -0.870. The molecule has 0 aromatic rings. The summed E-state index contributed by atoms with van der Waals surface area (Å²) in [7, 11) is 6.43. The number of amides is 4. The van der Waals surface area contributed by atoms with Crippen molar-refractivity contribution in [2.75, 3.05) is 60.4 Å². The molecule has 0 unspecified atom stereocenters. The minimum Gasteiger partial charge on any atom is -0.347 e. The highest BCUT2D eigenvalue weighted by molar-refractivity contribution is 5.89. The zero-order valence-electron chi connectivity index (χ0n) is 23.8. The summed E-state index contributed by atoms with van der Waals surface area (Å²) in [6.45, 7) is 6.36. The number of nitrogens with zero attached hydrogens (tertiary/aromatic N) is 2. The first-order valence-corrected chi connectivity index (χ1v) is 14.0. The molecule has 0 saturated carbocycles. The van der Waals surface area contributed by atoms with E-state index in [1.54, 1.807) is 0 Å². The molecule has 0 atom stereocenters. The van der Waals surface area contributed by atoms with Gasteiger partial charge in [0.05, 0.1) is 47.3 Å². The van der Waals surface area contributed by atoms with E-state index < -0.39 is 11.8 Å². The summed E-state index contributed by atoms with van der Waals surface area (Å²) in [6.07, 6.45) is 12.0. The Kier molecular flexibility index (Phi) is 19.7. The van der Waals surface area contributed by atoms with Gasteiger partial charge < -0.3 is 25.3 Å². The largest absolute Gasteiger partial charge is 0.347 e. The second kappa shape index (κ2) is 21.0. The molecule has 0 radical (unpaired) electrons. The summed E-state index contributed by atoms with van der Waals surface area (Å²) in [5.41, 5.74) is 0. The Bertz CT molecular complexity index is 622. The number of carbonyl (C=O) groups excluding carboxylic acids is 4. The third-order valence-corrected chi connectivity index (χ3v) is 5.98. The molecule has 0 aliphatic rings. The van der Waals surface area contributed by atoms with E-state index in [-0.39, 0.29) is 31.4 Å². The average molecular weight is 513 g/mol. The quantitative estimate of drug-likeness (QED) is 0.153. The van der Waals surface area contributed by atoms with Crippen molar-refractivity contribution in [3.63, 3.8) is 0 Å². The molecule has 0 aliphatic heterocycles. The van der Waals surface area contributed by atoms with Crippen LogP contribution in [0.25, 0.3) is 0 Å². The third kappa shape index (κ3) is 21.1. The fourth-order valence-electron chi connectivity index (χ4n) is 3.73. The highest BCUT2D eigenvalue weighted by Gasteiger charge is 2.15. The topological polar surface area (TPSA) is 108 Å². The minimum absolute atomic E-state index is 0.0684. The van der Waals surface area contributed by atoms with Crippen molar-refractivity contribution in [3.8, 4) is 0 Å². The molecule has 4 amide bonds. The van der Waals surface area contributed by atoms with Gasteiger partial charge in [0.15, 0.2) is 0 Å². The summed E-state index contributed by atoms with van der Waals surface area (Å²) in [5.74, 6) is -1.10. The predicted molar refractivity (Wildman–Crippen MR) is 145 cm³/mol. The van der Waals surface area contributed by atoms with Crippen LogP contribution in [0.15, 0.2) is 0 Å². The van der Waals surface area contributed by atoms with E-state index in [2.05, 4.69) is 50.9 Å². The van der Waals surface area contributed by atoms with E-state index in [4.69, 9.17) is 0 Å². The Morgan fingerprint density at radius 3 is 1.56 bits per heavy atom. The van der Waals surface area contributed by atoms with Crippen molar-refractivity contribution in [1.29, 1.82) is 0 Å². The summed E-state index contributed by atoms with van der Waals surface area (Å²) in [5, 5.41) is 7.68. The molecule has 0 aromatic carbocycles. The summed E-state index contributed by atoms with van der Waals surface area (Å²) in [6, 6.07) is 0. The molecule has 0 spiro atoms. The maximum Gasteiger partial charge on any atom is 0.241 e. The van der Waals surface area contributed by atoms with Crippen LogP contribution in [0.3, 0.4) is 0 Å². The van der Waals surface area contributed by atoms with Crippen molar-refractivity contribution < 1.29 is 23.7 Å². The van der Waals surface area contributed by atoms with Gasteiger partial charge in [-0.25, -0.2) is 0 Å². The first-order valence-electron chi connectivity index (χ1n) is 14.0. The SMILES string of the molecule is CCCCCCN(CCCCCC)C(=O)CNC(=O)CNC(=O)CNC(=O)CCCCC[N+](C)(C)C. The molecule has 0 fully saturated rings. The first-order chi connectivity index (χ1) is 17.1. The smallest absolute Gasteiger partial charge is 0.241 e. The molecule has 0 saturated heterocycles. The van der Waals surface area contributed by atoms with Gasteiger partial charge in [-0.3, -0.25) is 19.2 Å². The van der Waals surface area contributed by atoms with Gasteiger partial charge in [0.1, 0.15) is 0 Å². The summed E-state index contributed by atoms with van der Waals surface area (Å²) < 4.78 is 0.907. The van der Waals surface area contributed by atoms with E-state index in [0.29, 0.717) is 19.5 Å². The number of unbranched alkanes of at least 4 members (excludes halogenated alkanes) is 8. The van der Waals surface area contributed by atoms with Crippen LogP contribution in [0, 0.1) is 0 Å². The van der Waals surface area contributed by atoms with Crippen molar-refractivity contribution in [2.45, 2.75) is 90.9 Å². The number of quaternary nitrogens is 1. The number of rotatable bonds is 22. The Hall–Kier alpha value is -2.16. The van der Waals surface area contributed by atoms with Gasteiger partial charge in [-0.05, 0) is 32.1 Å². The molecule has 210 valence electrons. The molecule has 0 aromatic heterocycles. The number of hydrogen-bond acceptors (Lipinski definition) is 4. The number of hydrogen-bond donors (Lipinski definition) is 3. The number of nitrogens with one attached hydrogen (secondary N) is 3. The molecular weight excluding hydrogens is 458 g/mol. The molecule has 9 nitrogen and oxygen atoms in total. The lowest BCUT2D eigenvalue weighted by Gasteiger charge is -2.23. The van der Waals surface area contributed by atoms with Crippen LogP contribution in [0.5, 0.6) is 0 Å². The van der Waals surface area contributed by atoms with Crippen LogP contribution in [0.2, 0.25) is 0 Å². The molecule has 3 N–H and O–H groups in total. The van der Waals surface area contributed by atoms with E-state index in [0.717, 1.165) is 81.7 Å². The molecule has 9 heteroatoms. The van der Waals surface area contributed by atoms with E-state index in [9.17, 15) is 19.2 Å². The van der Waals surface area contributed by atoms with Crippen LogP contribution < -0.4 is 16.0 Å². The van der Waals surface area contributed by atoms with Gasteiger partial charge >= 0.3 is 0 Å². The first kappa shape index (κ1) is 33.8. The van der Waals surface area contributed by atoms with Crippen LogP contribution in [-0.2, 0) is 19.2 Å². The molecule has 0 bridgehead atoms. The predicted octanol–water partition coefficient (Wildman–Crippen LogP) is 2.59. The minimum atomic E-state index is -0.427. The Morgan fingerprint density at radius 2 is 1.06 bits per heavy atom. The van der Waals surface area contributed by atoms with Gasteiger partial charge in [0.25, 0.3) is 0 Å². The monoisotopic (exact) mass is 512 g/mol. The summed E-state index contributed by atoms with van der Waals surface area (Å²) >= 11 is 0. The van der Waals surface area contributed by atoms with Gasteiger partial charge in [-0.15, -0.1) is 0 Å². The second-order valence-corrected chi connectivity index (χ2v) is 10.7. The van der Waals surface area contributed by atoms with Crippen LogP contribution in [0.4, 0.5) is 0 Å². The van der Waals surface area contributed by atoms with Gasteiger partial charge in [0.2, 0.25) is 23.6 Å². The van der Waals surface area contributed by atoms with Crippen molar-refractivity contribution in [1.82, 2.24) is 20.9 Å². The van der Waals surface area contributed by atoms with Crippen LogP contribution >= 0.6 is 0 Å². The third-order valence-electron chi connectivity index (χ3n) is 5.98. The van der Waals surface area contributed by atoms with Gasteiger partial charge in [-0.1, -0.05) is 52.4 Å². The van der Waals surface area contributed by atoms with Gasteiger partial charge in [0, 0.05) is 19.5 Å². The van der Waals surface area contributed by atoms with Gasteiger partial charge in [-0.2, -0.15) is 0 Å². The van der Waals surface area contributed by atoms with Crippen LogP contribution in [-0.4, -0.2) is 93.4 Å². The molecular formula is C27H54N5O4+. The Morgan fingerprint density at radius 1 is 0.583 bits per heavy atom. The van der Waals surface area contributed by atoms with Crippen molar-refractivity contribution in [2.24, 2.45) is 0 Å². The fourth-order valence-corrected chi connectivity index (χ4v) is 3.73. The highest BCUT2D eigenvalue weighted by Crippen LogP contribution is 2.06. The lowest BCUT2D eigenvalue weighted by atomic mass is 10.1. The maximum atomic E-state index is 12.6. The van der Waals surface area contributed by atoms with E-state index in [1.807, 2.05) is 4.90 Å². The van der Waals surface area contributed by atoms with E-state index >= 15 is 0 Å². The van der Waals surface area contributed by atoms with Crippen molar-refractivity contribution >= 4 is 23.6 Å². The molecule has 36 heavy (non-hydrogen) atoms. The second-order valence-electron chi connectivity index (χ2n) is 10.7. The lowest BCUT2D eigenvalue weighted by Crippen LogP contribution is -2.45. The van der Waals surface area contributed by atoms with E-state index in [1.165, 1.54) is 0 Å².